The zero-order valence-corrected chi connectivity index (χ0v) is 15.7. The lowest BCUT2D eigenvalue weighted by Crippen LogP contribution is -2.25. The molecule has 0 aliphatic carbocycles. The molecule has 1 heterocycles. The second kappa shape index (κ2) is 9.13. The minimum Gasteiger partial charge on any atom is -0.480 e. The molecule has 0 spiro atoms. The van der Waals surface area contributed by atoms with Crippen LogP contribution in [0.1, 0.15) is 30.6 Å². The van der Waals surface area contributed by atoms with Crippen LogP contribution in [-0.2, 0) is 9.59 Å². The first-order valence-corrected chi connectivity index (χ1v) is 8.99. The van der Waals surface area contributed by atoms with Gasteiger partial charge in [0.25, 0.3) is 11.5 Å². The molecule has 1 aromatic heterocycles. The van der Waals surface area contributed by atoms with Gasteiger partial charge in [-0.15, -0.1) is 0 Å². The lowest BCUT2D eigenvalue weighted by molar-refractivity contribution is -0.136. The second-order valence-corrected chi connectivity index (χ2v) is 6.89. The van der Waals surface area contributed by atoms with Gasteiger partial charge in [0.2, 0.25) is 5.91 Å². The van der Waals surface area contributed by atoms with E-state index in [1.165, 1.54) is 19.1 Å². The Hall–Kier alpha value is -3.21. The van der Waals surface area contributed by atoms with E-state index in [9.17, 15) is 23.6 Å². The number of benzene rings is 1. The molecule has 0 saturated carbocycles. The Kier molecular flexibility index (Phi) is 6.88. The number of anilines is 2. The predicted octanol–water partition coefficient (Wildman–Crippen LogP) is 2.08. The van der Waals surface area contributed by atoms with Gasteiger partial charge >= 0.3 is 5.97 Å². The zero-order valence-electron chi connectivity index (χ0n) is 14.9. The number of amides is 2. The van der Waals surface area contributed by atoms with Crippen LogP contribution >= 0.6 is 11.8 Å². The van der Waals surface area contributed by atoms with Crippen molar-refractivity contribution in [2.75, 3.05) is 10.6 Å². The summed E-state index contributed by atoms with van der Waals surface area (Å²) in [6.45, 7) is 2.99. The summed E-state index contributed by atoms with van der Waals surface area (Å²) < 4.78 is 13.0. The Balaban J connectivity index is 2.39. The number of aliphatic carboxylic acids is 1. The van der Waals surface area contributed by atoms with Crippen molar-refractivity contribution in [3.63, 3.8) is 0 Å². The number of carboxylic acids is 1. The van der Waals surface area contributed by atoms with E-state index >= 15 is 0 Å². The molecule has 1 atom stereocenters. The van der Waals surface area contributed by atoms with E-state index in [2.05, 4.69) is 20.6 Å². The quantitative estimate of drug-likeness (QED) is 0.406. The van der Waals surface area contributed by atoms with Crippen molar-refractivity contribution in [2.24, 2.45) is 0 Å². The third kappa shape index (κ3) is 5.39. The summed E-state index contributed by atoms with van der Waals surface area (Å²) in [5.74, 6) is -3.02. The molecule has 0 unspecified atom stereocenters. The van der Waals surface area contributed by atoms with E-state index in [4.69, 9.17) is 5.11 Å². The van der Waals surface area contributed by atoms with Crippen LogP contribution in [-0.4, -0.2) is 38.1 Å². The maximum Gasteiger partial charge on any atom is 0.316 e. The Morgan fingerprint density at radius 1 is 1.25 bits per heavy atom. The second-order valence-electron chi connectivity index (χ2n) is 5.56. The van der Waals surface area contributed by atoms with Gasteiger partial charge in [-0.1, -0.05) is 18.7 Å². The first-order valence-electron chi connectivity index (χ1n) is 8.11. The highest BCUT2D eigenvalue weighted by atomic mass is 32.2. The maximum atomic E-state index is 13.0. The van der Waals surface area contributed by atoms with Gasteiger partial charge in [0, 0.05) is 12.0 Å². The number of nitrogens with zero attached hydrogens (tertiary/aromatic N) is 1. The SMILES string of the molecule is CCC(=O)Nc1nc(S[C@@H](C)C(=O)O)[nH]c(=O)c1NC(=O)c1ccc(F)cc1. The fraction of sp³-hybridized carbons (Fsp3) is 0.235. The minimum atomic E-state index is -1.11. The summed E-state index contributed by atoms with van der Waals surface area (Å²) in [7, 11) is 0. The smallest absolute Gasteiger partial charge is 0.316 e. The van der Waals surface area contributed by atoms with Crippen LogP contribution in [0.3, 0.4) is 0 Å². The van der Waals surface area contributed by atoms with Crippen molar-refractivity contribution in [3.05, 3.63) is 46.0 Å². The van der Waals surface area contributed by atoms with E-state index in [-0.39, 0.29) is 28.6 Å². The van der Waals surface area contributed by atoms with Crippen molar-refractivity contribution in [1.82, 2.24) is 9.97 Å². The van der Waals surface area contributed by atoms with Gasteiger partial charge < -0.3 is 15.7 Å². The number of aromatic amines is 1. The van der Waals surface area contributed by atoms with E-state index in [0.29, 0.717) is 0 Å². The molecule has 2 aromatic rings. The lowest BCUT2D eigenvalue weighted by atomic mass is 10.2. The topological polar surface area (TPSA) is 141 Å². The highest BCUT2D eigenvalue weighted by molar-refractivity contribution is 8.00. The van der Waals surface area contributed by atoms with Crippen LogP contribution in [0.4, 0.5) is 15.9 Å². The molecule has 0 aliphatic heterocycles. The molecule has 2 amide bonds. The van der Waals surface area contributed by atoms with Crippen molar-refractivity contribution in [2.45, 2.75) is 30.7 Å². The molecule has 0 bridgehead atoms. The number of hydrogen-bond donors (Lipinski definition) is 4. The van der Waals surface area contributed by atoms with Gasteiger partial charge in [0.05, 0.1) is 0 Å². The minimum absolute atomic E-state index is 0.0360. The van der Waals surface area contributed by atoms with Crippen molar-refractivity contribution < 1.29 is 23.9 Å². The molecule has 9 nitrogen and oxygen atoms in total. The molecule has 0 saturated heterocycles. The molecule has 11 heteroatoms. The Morgan fingerprint density at radius 3 is 2.46 bits per heavy atom. The fourth-order valence-electron chi connectivity index (χ4n) is 1.94. The van der Waals surface area contributed by atoms with Gasteiger partial charge in [0.1, 0.15) is 11.1 Å². The molecule has 1 aromatic carbocycles. The number of halogens is 1. The van der Waals surface area contributed by atoms with Crippen LogP contribution in [0.5, 0.6) is 0 Å². The molecular formula is C17H17FN4O5S. The van der Waals surface area contributed by atoms with Crippen molar-refractivity contribution >= 4 is 41.1 Å². The van der Waals surface area contributed by atoms with Gasteiger partial charge in [-0.25, -0.2) is 9.37 Å². The summed E-state index contributed by atoms with van der Waals surface area (Å²) in [6.07, 6.45) is 0.0911. The molecule has 28 heavy (non-hydrogen) atoms. The van der Waals surface area contributed by atoms with Gasteiger partial charge in [-0.3, -0.25) is 24.2 Å². The maximum absolute atomic E-state index is 13.0. The number of carbonyl (C=O) groups excluding carboxylic acids is 2. The molecule has 0 fully saturated rings. The molecular weight excluding hydrogens is 391 g/mol. The standard InChI is InChI=1S/C17H17FN4O5S/c1-3-11(23)19-13-12(20-14(24)9-4-6-10(18)7-5-9)15(25)22-17(21-13)28-8(2)16(26)27/h4-8H,3H2,1-2H3,(H,20,24)(H,26,27)(H2,19,21,22,23,25)/t8-/m0/s1. The van der Waals surface area contributed by atoms with E-state index < -0.39 is 34.4 Å². The number of thioether (sulfide) groups is 1. The van der Waals surface area contributed by atoms with Gasteiger partial charge in [-0.05, 0) is 31.2 Å². The number of rotatable bonds is 7. The number of H-pyrrole nitrogens is 1. The highest BCUT2D eigenvalue weighted by Gasteiger charge is 2.20. The Morgan fingerprint density at radius 2 is 1.89 bits per heavy atom. The summed E-state index contributed by atoms with van der Waals surface area (Å²) in [5.41, 5.74) is -1.01. The average Bonchev–Trinajstić information content (AvgIpc) is 2.64. The third-order valence-electron chi connectivity index (χ3n) is 3.46. The highest BCUT2D eigenvalue weighted by Crippen LogP contribution is 2.23. The lowest BCUT2D eigenvalue weighted by Gasteiger charge is -2.13. The van der Waals surface area contributed by atoms with Crippen molar-refractivity contribution in [1.29, 1.82) is 0 Å². The van der Waals surface area contributed by atoms with E-state index in [1.807, 2.05) is 0 Å². The molecule has 0 aliphatic rings. The number of hydrogen-bond acceptors (Lipinski definition) is 6. The van der Waals surface area contributed by atoms with Crippen LogP contribution < -0.4 is 16.2 Å². The number of carboxylic acid groups (broad SMARTS) is 1. The predicted molar refractivity (Wildman–Crippen MR) is 101 cm³/mol. The number of carbonyl (C=O) groups is 3. The fourth-order valence-corrected chi connectivity index (χ4v) is 2.67. The van der Waals surface area contributed by atoms with Gasteiger partial charge in [0.15, 0.2) is 16.7 Å². The van der Waals surface area contributed by atoms with Crippen LogP contribution in [0.2, 0.25) is 0 Å². The van der Waals surface area contributed by atoms with Gasteiger partial charge in [-0.2, -0.15) is 0 Å². The summed E-state index contributed by atoms with van der Waals surface area (Å²) in [6, 6.07) is 4.64. The molecule has 0 radical (unpaired) electrons. The summed E-state index contributed by atoms with van der Waals surface area (Å²) >= 11 is 0.768. The summed E-state index contributed by atoms with van der Waals surface area (Å²) in [4.78, 5) is 53.9. The largest absolute Gasteiger partial charge is 0.480 e. The van der Waals surface area contributed by atoms with Crippen LogP contribution in [0.25, 0.3) is 0 Å². The van der Waals surface area contributed by atoms with Crippen LogP contribution in [0, 0.1) is 5.82 Å². The van der Waals surface area contributed by atoms with E-state index in [0.717, 1.165) is 23.9 Å². The Labute approximate surface area is 162 Å². The average molecular weight is 408 g/mol. The number of aromatic nitrogens is 2. The molecule has 148 valence electrons. The first kappa shape index (κ1) is 21.1. The van der Waals surface area contributed by atoms with Crippen molar-refractivity contribution in [3.8, 4) is 0 Å². The normalized spacial score (nSPS) is 11.5. The monoisotopic (exact) mass is 408 g/mol. The van der Waals surface area contributed by atoms with E-state index in [1.54, 1.807) is 6.92 Å². The summed E-state index contributed by atoms with van der Waals surface area (Å²) in [5, 5.41) is 12.8. The first-order chi connectivity index (χ1) is 13.2. The Bertz CT molecular complexity index is 961. The molecule has 4 N–H and O–H groups in total. The number of nitrogens with one attached hydrogen (secondary N) is 3. The third-order valence-corrected chi connectivity index (χ3v) is 4.43. The zero-order chi connectivity index (χ0) is 20.8. The van der Waals surface area contributed by atoms with Crippen LogP contribution in [0.15, 0.2) is 34.2 Å². The molecule has 2 rings (SSSR count).